The van der Waals surface area contributed by atoms with Gasteiger partial charge in [-0.15, -0.1) is 0 Å². The van der Waals surface area contributed by atoms with Crippen LogP contribution >= 0.6 is 0 Å². The second-order valence-corrected chi connectivity index (χ2v) is 8.57. The third kappa shape index (κ3) is 4.60. The van der Waals surface area contributed by atoms with Crippen molar-refractivity contribution in [2.45, 2.75) is 39.8 Å². The summed E-state index contributed by atoms with van der Waals surface area (Å²) >= 11 is 0. The van der Waals surface area contributed by atoms with Crippen LogP contribution in [0, 0.1) is 0 Å². The number of sulfonamides is 1. The summed E-state index contributed by atoms with van der Waals surface area (Å²) in [5.74, 6) is 0.408. The van der Waals surface area contributed by atoms with E-state index in [0.29, 0.717) is 22.9 Å². The fraction of sp³-hybridized carbons (Fsp3) is 0.471. The minimum absolute atomic E-state index is 0.262. The van der Waals surface area contributed by atoms with Gasteiger partial charge in [-0.1, -0.05) is 0 Å². The topological polar surface area (TPSA) is 105 Å². The van der Waals surface area contributed by atoms with E-state index in [1.165, 1.54) is 4.68 Å². The number of aliphatic imine (C=N–C) groups is 1. The largest absolute Gasteiger partial charge is 0.382 e. The highest BCUT2D eigenvalue weighted by atomic mass is 32.2. The molecule has 0 saturated carbocycles. The van der Waals surface area contributed by atoms with Crippen LogP contribution in [0.3, 0.4) is 0 Å². The van der Waals surface area contributed by atoms with Gasteiger partial charge in [-0.2, -0.15) is 5.10 Å². The van der Waals surface area contributed by atoms with Gasteiger partial charge in [0, 0.05) is 19.2 Å². The molecule has 0 aliphatic heterocycles. The monoisotopic (exact) mass is 379 g/mol. The predicted octanol–water partition coefficient (Wildman–Crippen LogP) is 1.35. The van der Waals surface area contributed by atoms with Gasteiger partial charge >= 0.3 is 0 Å². The van der Waals surface area contributed by atoms with Crippen LogP contribution in [0.15, 0.2) is 35.1 Å². The summed E-state index contributed by atoms with van der Waals surface area (Å²) in [6.07, 6.45) is 8.17. The molecule has 1 aliphatic rings. The average Bonchev–Trinajstić information content (AvgIpc) is 2.79. The Hall–Kier alpha value is -2.42. The number of rotatable bonds is 5. The number of allylic oxidation sites excluding steroid dienone is 3. The Balaban J connectivity index is 2.59. The van der Waals surface area contributed by atoms with Gasteiger partial charge in [0.25, 0.3) is 0 Å². The van der Waals surface area contributed by atoms with Crippen LogP contribution < -0.4 is 10.5 Å². The molecular formula is C17H27N6O2S+. The number of aromatic nitrogens is 2. The Morgan fingerprint density at radius 3 is 2.31 bits per heavy atom. The highest BCUT2D eigenvalue weighted by Crippen LogP contribution is 2.22. The number of nitrogens with one attached hydrogen (secondary N) is 1. The van der Waals surface area contributed by atoms with E-state index in [9.17, 15) is 8.42 Å². The summed E-state index contributed by atoms with van der Waals surface area (Å²) in [6, 6.07) is 0.524. The quantitative estimate of drug-likeness (QED) is 0.595. The first kappa shape index (κ1) is 19.9. The van der Waals surface area contributed by atoms with Gasteiger partial charge in [-0.05, 0) is 33.8 Å². The van der Waals surface area contributed by atoms with Crippen LogP contribution in [-0.4, -0.2) is 52.5 Å². The standard InChI is InChI=1S/C17H26N6O2S/c1-11(2)23(12(3)4)13-7-8-14(15(9-13)21-26(6,24)25)20-16-10-19-22(5)17(16)18/h7-12H,1-6H3,(H2,18,19,21)/p+1. The predicted molar refractivity (Wildman–Crippen MR) is 105 cm³/mol. The number of anilines is 1. The van der Waals surface area contributed by atoms with E-state index in [1.807, 2.05) is 6.08 Å². The van der Waals surface area contributed by atoms with Crippen LogP contribution in [0.1, 0.15) is 27.7 Å². The van der Waals surface area contributed by atoms with Gasteiger partial charge in [-0.3, -0.25) is 9.40 Å². The van der Waals surface area contributed by atoms with Crippen molar-refractivity contribution in [2.24, 2.45) is 12.0 Å². The Bertz CT molecular complexity index is 907. The summed E-state index contributed by atoms with van der Waals surface area (Å²) in [6.45, 7) is 8.38. The summed E-state index contributed by atoms with van der Waals surface area (Å²) in [4.78, 5) is 4.48. The summed E-state index contributed by atoms with van der Waals surface area (Å²) in [5.41, 5.74) is 8.23. The third-order valence-electron chi connectivity index (χ3n) is 3.89. The molecule has 1 aromatic heterocycles. The van der Waals surface area contributed by atoms with E-state index in [0.717, 1.165) is 12.0 Å². The van der Waals surface area contributed by atoms with Crippen LogP contribution in [0.4, 0.5) is 11.5 Å². The van der Waals surface area contributed by atoms with Crippen LogP contribution in [0.5, 0.6) is 0 Å². The highest BCUT2D eigenvalue weighted by Gasteiger charge is 2.24. The van der Waals surface area contributed by atoms with E-state index in [-0.39, 0.29) is 12.1 Å². The van der Waals surface area contributed by atoms with Gasteiger partial charge < -0.3 is 5.73 Å². The van der Waals surface area contributed by atoms with Crippen LogP contribution in [-0.2, 0) is 17.1 Å². The molecule has 0 spiro atoms. The lowest BCUT2D eigenvalue weighted by atomic mass is 10.1. The molecule has 0 bridgehead atoms. The van der Waals surface area contributed by atoms with Crippen LogP contribution in [0.25, 0.3) is 0 Å². The summed E-state index contributed by atoms with van der Waals surface area (Å²) in [5, 5.41) is 4.06. The van der Waals surface area contributed by atoms with E-state index in [2.05, 4.69) is 47.1 Å². The molecule has 1 aromatic rings. The van der Waals surface area contributed by atoms with Crippen molar-refractivity contribution in [2.75, 3.05) is 12.0 Å². The fourth-order valence-electron chi connectivity index (χ4n) is 2.91. The molecule has 26 heavy (non-hydrogen) atoms. The van der Waals surface area contributed by atoms with Crippen molar-refractivity contribution in [3.63, 3.8) is 0 Å². The number of nitrogens with two attached hydrogens (primary N) is 1. The number of hydrogen-bond acceptors (Lipinski definition) is 5. The molecule has 1 heterocycles. The second-order valence-electron chi connectivity index (χ2n) is 6.82. The van der Waals surface area contributed by atoms with E-state index in [1.54, 1.807) is 25.4 Å². The Kier molecular flexibility index (Phi) is 5.70. The first-order valence-corrected chi connectivity index (χ1v) is 10.3. The van der Waals surface area contributed by atoms with E-state index >= 15 is 0 Å². The normalized spacial score (nSPS) is 16.5. The maximum absolute atomic E-state index is 11.8. The molecule has 0 fully saturated rings. The summed E-state index contributed by atoms with van der Waals surface area (Å²) < 4.78 is 29.9. The first-order valence-electron chi connectivity index (χ1n) is 8.39. The number of nitrogens with zero attached hydrogens (tertiary/aromatic N) is 4. The third-order valence-corrected chi connectivity index (χ3v) is 4.48. The van der Waals surface area contributed by atoms with Crippen molar-refractivity contribution in [1.82, 2.24) is 14.5 Å². The molecule has 0 saturated heterocycles. The highest BCUT2D eigenvalue weighted by molar-refractivity contribution is 7.88. The molecular weight excluding hydrogens is 352 g/mol. The Labute approximate surface area is 154 Å². The molecule has 3 N–H and O–H groups in total. The maximum atomic E-state index is 11.8. The van der Waals surface area contributed by atoms with E-state index in [4.69, 9.17) is 5.73 Å². The van der Waals surface area contributed by atoms with Gasteiger partial charge in [0.1, 0.15) is 23.6 Å². The molecule has 2 rings (SSSR count). The first-order chi connectivity index (χ1) is 12.0. The number of nitrogen functional groups attached to an aromatic ring is 1. The zero-order valence-electron chi connectivity index (χ0n) is 16.1. The molecule has 9 heteroatoms. The van der Waals surface area contributed by atoms with Gasteiger partial charge in [0.15, 0.2) is 0 Å². The van der Waals surface area contributed by atoms with Gasteiger partial charge in [-0.25, -0.2) is 18.0 Å². The average molecular weight is 380 g/mol. The lowest BCUT2D eigenvalue weighted by Gasteiger charge is -2.17. The van der Waals surface area contributed by atoms with E-state index < -0.39 is 10.0 Å². The van der Waals surface area contributed by atoms with Gasteiger partial charge in [0.05, 0.1) is 23.9 Å². The van der Waals surface area contributed by atoms with Gasteiger partial charge in [0.2, 0.25) is 15.7 Å². The fourth-order valence-corrected chi connectivity index (χ4v) is 3.47. The maximum Gasteiger partial charge on any atom is 0.229 e. The van der Waals surface area contributed by atoms with Crippen molar-refractivity contribution in [3.8, 4) is 0 Å². The summed E-state index contributed by atoms with van der Waals surface area (Å²) in [7, 11) is -1.74. The number of aryl methyl sites for hydroxylation is 1. The van der Waals surface area contributed by atoms with Crippen molar-refractivity contribution >= 4 is 33.0 Å². The molecule has 8 nitrogen and oxygen atoms in total. The minimum atomic E-state index is -3.46. The molecule has 1 aliphatic carbocycles. The van der Waals surface area contributed by atoms with Crippen molar-refractivity contribution in [3.05, 3.63) is 30.1 Å². The second kappa shape index (κ2) is 7.45. The zero-order chi connectivity index (χ0) is 19.6. The van der Waals surface area contributed by atoms with Crippen LogP contribution in [0.2, 0.25) is 0 Å². The molecule has 0 atom stereocenters. The minimum Gasteiger partial charge on any atom is -0.382 e. The lowest BCUT2D eigenvalue weighted by Crippen LogP contribution is -2.35. The molecule has 0 aromatic carbocycles. The molecule has 142 valence electrons. The lowest BCUT2D eigenvalue weighted by molar-refractivity contribution is -0.586. The number of hydrogen-bond donors (Lipinski definition) is 2. The Morgan fingerprint density at radius 1 is 1.23 bits per heavy atom. The molecule has 0 unspecified atom stereocenters. The Morgan fingerprint density at radius 2 is 1.85 bits per heavy atom. The van der Waals surface area contributed by atoms with Crippen molar-refractivity contribution < 1.29 is 13.0 Å². The molecule has 0 radical (unpaired) electrons. The smallest absolute Gasteiger partial charge is 0.229 e. The van der Waals surface area contributed by atoms with Crippen molar-refractivity contribution in [1.29, 1.82) is 0 Å². The molecule has 0 amide bonds. The SMILES string of the molecule is CC(C)[N+](=C1C=C/C(=N/c2cnn(C)c2N)C(NS(C)(=O)=O)=C1)C(C)C. The zero-order valence-corrected chi connectivity index (χ0v) is 16.9.